The second-order valence-corrected chi connectivity index (χ2v) is 9.13. The van der Waals surface area contributed by atoms with Gasteiger partial charge in [-0.1, -0.05) is 30.3 Å². The summed E-state index contributed by atoms with van der Waals surface area (Å²) >= 11 is 0. The van der Waals surface area contributed by atoms with Gasteiger partial charge < -0.3 is 10.1 Å². The van der Waals surface area contributed by atoms with Gasteiger partial charge in [0, 0.05) is 0 Å². The van der Waals surface area contributed by atoms with E-state index in [1.165, 1.54) is 36.4 Å². The fourth-order valence-electron chi connectivity index (χ4n) is 3.08. The monoisotopic (exact) mass is 456 g/mol. The molecule has 0 radical (unpaired) electrons. The molecular formula is C24H25FN2O4S. The van der Waals surface area contributed by atoms with Crippen LogP contribution in [0.25, 0.3) is 0 Å². The third-order valence-electron chi connectivity index (χ3n) is 4.76. The van der Waals surface area contributed by atoms with Crippen LogP contribution in [-0.4, -0.2) is 34.0 Å². The molecule has 168 valence electrons. The third-order valence-corrected chi connectivity index (χ3v) is 6.53. The summed E-state index contributed by atoms with van der Waals surface area (Å²) in [4.78, 5) is 12.7. The molecule has 0 aliphatic heterocycles. The molecule has 0 heterocycles. The van der Waals surface area contributed by atoms with Gasteiger partial charge in [0.05, 0.1) is 17.1 Å². The average Bonchev–Trinajstić information content (AvgIpc) is 2.78. The molecule has 0 fully saturated rings. The van der Waals surface area contributed by atoms with Crippen molar-refractivity contribution in [2.45, 2.75) is 18.7 Å². The highest BCUT2D eigenvalue weighted by molar-refractivity contribution is 7.92. The molecule has 0 bridgehead atoms. The Bertz CT molecular complexity index is 1170. The number of benzene rings is 3. The number of aryl methyl sites for hydroxylation is 2. The van der Waals surface area contributed by atoms with Gasteiger partial charge in [-0.3, -0.25) is 9.10 Å². The fraction of sp³-hybridized carbons (Fsp3) is 0.208. The molecule has 6 nitrogen and oxygen atoms in total. The molecule has 0 unspecified atom stereocenters. The predicted octanol–water partition coefficient (Wildman–Crippen LogP) is 3.83. The van der Waals surface area contributed by atoms with Crippen molar-refractivity contribution in [1.29, 1.82) is 0 Å². The molecule has 3 rings (SSSR count). The zero-order valence-corrected chi connectivity index (χ0v) is 18.7. The molecule has 0 spiro atoms. The van der Waals surface area contributed by atoms with Gasteiger partial charge in [-0.2, -0.15) is 0 Å². The maximum atomic E-state index is 13.4. The summed E-state index contributed by atoms with van der Waals surface area (Å²) in [6.07, 6.45) is 0. The van der Waals surface area contributed by atoms with Gasteiger partial charge >= 0.3 is 0 Å². The van der Waals surface area contributed by atoms with E-state index in [9.17, 15) is 17.6 Å². The number of rotatable bonds is 9. The molecule has 0 aromatic heterocycles. The summed E-state index contributed by atoms with van der Waals surface area (Å²) in [5.41, 5.74) is 2.07. The van der Waals surface area contributed by atoms with Crippen molar-refractivity contribution in [2.24, 2.45) is 0 Å². The van der Waals surface area contributed by atoms with Crippen LogP contribution in [0.3, 0.4) is 0 Å². The average molecular weight is 457 g/mol. The Morgan fingerprint density at radius 1 is 1.00 bits per heavy atom. The van der Waals surface area contributed by atoms with Crippen LogP contribution in [0.4, 0.5) is 10.1 Å². The summed E-state index contributed by atoms with van der Waals surface area (Å²) in [6.45, 7) is 3.62. The molecule has 8 heteroatoms. The largest absolute Gasteiger partial charge is 0.492 e. The first kappa shape index (κ1) is 23.3. The van der Waals surface area contributed by atoms with Crippen LogP contribution in [0.1, 0.15) is 11.1 Å². The summed E-state index contributed by atoms with van der Waals surface area (Å²) in [7, 11) is -3.96. The van der Waals surface area contributed by atoms with E-state index < -0.39 is 15.9 Å². The number of halogens is 1. The van der Waals surface area contributed by atoms with Crippen molar-refractivity contribution >= 4 is 21.6 Å². The number of amides is 1. The first-order valence-corrected chi connectivity index (χ1v) is 11.5. The molecule has 3 aromatic carbocycles. The Balaban J connectivity index is 1.73. The van der Waals surface area contributed by atoms with Crippen LogP contribution in [0.5, 0.6) is 5.75 Å². The molecule has 0 saturated carbocycles. The van der Waals surface area contributed by atoms with Crippen molar-refractivity contribution in [2.75, 3.05) is 24.0 Å². The van der Waals surface area contributed by atoms with Gasteiger partial charge in [0.2, 0.25) is 5.91 Å². The lowest BCUT2D eigenvalue weighted by Crippen LogP contribution is -2.42. The van der Waals surface area contributed by atoms with E-state index in [4.69, 9.17) is 4.74 Å². The zero-order chi connectivity index (χ0) is 23.1. The highest BCUT2D eigenvalue weighted by Crippen LogP contribution is 2.27. The SMILES string of the molecule is Cc1ccc(C)c(N(CC(=O)NCCOc2ccc(F)cc2)S(=O)(=O)c2ccccc2)c1. The van der Waals surface area contributed by atoms with Gasteiger partial charge in [0.1, 0.15) is 24.7 Å². The normalized spacial score (nSPS) is 11.1. The number of ether oxygens (including phenoxy) is 1. The lowest BCUT2D eigenvalue weighted by Gasteiger charge is -2.26. The fourth-order valence-corrected chi connectivity index (χ4v) is 4.58. The number of sulfonamides is 1. The maximum Gasteiger partial charge on any atom is 0.264 e. The number of hydrogen-bond acceptors (Lipinski definition) is 4. The number of hydrogen-bond donors (Lipinski definition) is 1. The Labute approximate surface area is 187 Å². The minimum Gasteiger partial charge on any atom is -0.492 e. The second-order valence-electron chi connectivity index (χ2n) is 7.27. The Hall–Kier alpha value is -3.39. The van der Waals surface area contributed by atoms with Gasteiger partial charge in [0.15, 0.2) is 0 Å². The summed E-state index contributed by atoms with van der Waals surface area (Å²) < 4.78 is 46.3. The predicted molar refractivity (Wildman–Crippen MR) is 122 cm³/mol. The van der Waals surface area contributed by atoms with Crippen LogP contribution in [0, 0.1) is 19.7 Å². The smallest absolute Gasteiger partial charge is 0.264 e. The molecule has 0 aliphatic rings. The van der Waals surface area contributed by atoms with E-state index in [1.54, 1.807) is 31.2 Å². The van der Waals surface area contributed by atoms with Gasteiger partial charge in [-0.05, 0) is 67.4 Å². The minimum atomic E-state index is -3.96. The molecule has 1 N–H and O–H groups in total. The van der Waals surface area contributed by atoms with Crippen molar-refractivity contribution in [3.63, 3.8) is 0 Å². The molecule has 3 aromatic rings. The Morgan fingerprint density at radius 3 is 2.38 bits per heavy atom. The van der Waals surface area contributed by atoms with Crippen LogP contribution in [-0.2, 0) is 14.8 Å². The lowest BCUT2D eigenvalue weighted by atomic mass is 10.1. The molecule has 0 atom stereocenters. The Kier molecular flexibility index (Phi) is 7.48. The molecule has 0 saturated heterocycles. The van der Waals surface area contributed by atoms with Crippen LogP contribution < -0.4 is 14.4 Å². The molecule has 0 aliphatic carbocycles. The summed E-state index contributed by atoms with van der Waals surface area (Å²) in [6, 6.07) is 19.0. The van der Waals surface area contributed by atoms with Crippen LogP contribution >= 0.6 is 0 Å². The van der Waals surface area contributed by atoms with E-state index in [-0.39, 0.29) is 30.4 Å². The summed E-state index contributed by atoms with van der Waals surface area (Å²) in [5.74, 6) is -0.353. The van der Waals surface area contributed by atoms with Gasteiger partial charge in [-0.25, -0.2) is 12.8 Å². The summed E-state index contributed by atoms with van der Waals surface area (Å²) in [5, 5.41) is 2.68. The second kappa shape index (κ2) is 10.3. The molecule has 1 amide bonds. The van der Waals surface area contributed by atoms with E-state index in [0.717, 1.165) is 15.4 Å². The number of nitrogens with one attached hydrogen (secondary N) is 1. The number of nitrogens with zero attached hydrogens (tertiary/aromatic N) is 1. The van der Waals surface area contributed by atoms with E-state index >= 15 is 0 Å². The molecular weight excluding hydrogens is 431 g/mol. The van der Waals surface area contributed by atoms with E-state index in [2.05, 4.69) is 5.32 Å². The minimum absolute atomic E-state index is 0.105. The van der Waals surface area contributed by atoms with Crippen molar-refractivity contribution < 1.29 is 22.3 Å². The maximum absolute atomic E-state index is 13.4. The van der Waals surface area contributed by atoms with Crippen molar-refractivity contribution in [3.05, 3.63) is 89.7 Å². The topological polar surface area (TPSA) is 75.7 Å². The van der Waals surface area contributed by atoms with E-state index in [0.29, 0.717) is 11.4 Å². The van der Waals surface area contributed by atoms with Crippen molar-refractivity contribution in [1.82, 2.24) is 5.32 Å². The highest BCUT2D eigenvalue weighted by atomic mass is 32.2. The van der Waals surface area contributed by atoms with Crippen molar-refractivity contribution in [3.8, 4) is 5.75 Å². The third kappa shape index (κ3) is 5.85. The van der Waals surface area contributed by atoms with Crippen LogP contribution in [0.15, 0.2) is 77.7 Å². The van der Waals surface area contributed by atoms with Crippen LogP contribution in [0.2, 0.25) is 0 Å². The first-order valence-electron chi connectivity index (χ1n) is 10.1. The highest BCUT2D eigenvalue weighted by Gasteiger charge is 2.28. The lowest BCUT2D eigenvalue weighted by molar-refractivity contribution is -0.119. The first-order chi connectivity index (χ1) is 15.3. The number of carbonyl (C=O) groups excluding carboxylic acids is 1. The Morgan fingerprint density at radius 2 is 1.69 bits per heavy atom. The van der Waals surface area contributed by atoms with Gasteiger partial charge in [-0.15, -0.1) is 0 Å². The zero-order valence-electron chi connectivity index (χ0n) is 17.9. The van der Waals surface area contributed by atoms with Gasteiger partial charge in [0.25, 0.3) is 10.0 Å². The number of carbonyl (C=O) groups is 1. The standard InChI is InChI=1S/C24H25FN2O4S/c1-18-8-9-19(2)23(16-18)27(32(29,30)22-6-4-3-5-7-22)17-24(28)26-14-15-31-21-12-10-20(25)11-13-21/h3-13,16H,14-15,17H2,1-2H3,(H,26,28). The van der Waals surface area contributed by atoms with E-state index in [1.807, 2.05) is 19.1 Å². The molecule has 32 heavy (non-hydrogen) atoms. The number of anilines is 1. The quantitative estimate of drug-likeness (QED) is 0.497.